The lowest BCUT2D eigenvalue weighted by Gasteiger charge is -2.12. The van der Waals surface area contributed by atoms with Crippen LogP contribution in [0.25, 0.3) is 0 Å². The molecule has 0 bridgehead atoms. The average molecular weight is 233 g/mol. The smallest absolute Gasteiger partial charge is 0.209 e. The van der Waals surface area contributed by atoms with Crippen LogP contribution in [0.3, 0.4) is 0 Å². The maximum atomic E-state index is 4.62. The Kier molecular flexibility index (Phi) is 3.10. The van der Waals surface area contributed by atoms with Gasteiger partial charge in [-0.15, -0.1) is 11.3 Å². The summed E-state index contributed by atoms with van der Waals surface area (Å²) >= 11 is 1.69. The lowest BCUT2D eigenvalue weighted by atomic mass is 10.3. The highest BCUT2D eigenvalue weighted by Gasteiger charge is 2.00. The molecule has 1 aromatic heterocycles. The van der Waals surface area contributed by atoms with Crippen LogP contribution in [0.15, 0.2) is 41.5 Å². The summed E-state index contributed by atoms with van der Waals surface area (Å²) in [7, 11) is 4.02. The molecule has 0 amide bonds. The zero-order valence-corrected chi connectivity index (χ0v) is 10.5. The van der Waals surface area contributed by atoms with E-state index in [4.69, 9.17) is 0 Å². The van der Waals surface area contributed by atoms with Crippen LogP contribution in [0.4, 0.5) is 5.69 Å². The fourth-order valence-electron chi connectivity index (χ4n) is 1.42. The van der Waals surface area contributed by atoms with Crippen molar-refractivity contribution in [1.29, 1.82) is 0 Å². The molecule has 1 heterocycles. The summed E-state index contributed by atoms with van der Waals surface area (Å²) in [4.78, 5) is 6.87. The van der Waals surface area contributed by atoms with E-state index in [2.05, 4.69) is 18.1 Å². The lowest BCUT2D eigenvalue weighted by Crippen LogP contribution is -2.32. The number of hydrogen-bond acceptors (Lipinski definition) is 3. The van der Waals surface area contributed by atoms with Crippen LogP contribution in [-0.4, -0.2) is 18.8 Å². The van der Waals surface area contributed by atoms with Crippen LogP contribution in [0.1, 0.15) is 4.88 Å². The number of aryl methyl sites for hydroxylation is 1. The number of rotatable bonds is 2. The van der Waals surface area contributed by atoms with Crippen LogP contribution in [0.5, 0.6) is 0 Å². The Morgan fingerprint density at radius 3 is 2.50 bits per heavy atom. The van der Waals surface area contributed by atoms with Gasteiger partial charge in [-0.1, -0.05) is 18.2 Å². The molecule has 4 heteroatoms. The van der Waals surface area contributed by atoms with Gasteiger partial charge in [0.15, 0.2) is 0 Å². The highest BCUT2D eigenvalue weighted by Crippen LogP contribution is 2.10. The number of nitrogens with zero attached hydrogens (tertiary/aromatic N) is 3. The van der Waals surface area contributed by atoms with E-state index in [1.54, 1.807) is 11.3 Å². The van der Waals surface area contributed by atoms with E-state index < -0.39 is 0 Å². The molecule has 0 fully saturated rings. The molecule has 3 nitrogen and oxygen atoms in total. The van der Waals surface area contributed by atoms with Gasteiger partial charge in [-0.3, -0.25) is 0 Å². The molecule has 16 heavy (non-hydrogen) atoms. The Balaban J connectivity index is 2.51. The van der Waals surface area contributed by atoms with Crippen LogP contribution in [0, 0.1) is 6.92 Å². The van der Waals surface area contributed by atoms with E-state index >= 15 is 0 Å². The third-order valence-corrected chi connectivity index (χ3v) is 3.05. The molecule has 0 atom stereocenters. The summed E-state index contributed by atoms with van der Waals surface area (Å²) in [6.07, 6.45) is 2.09. The molecule has 2 aromatic rings. The minimum atomic E-state index is 0.986. The monoisotopic (exact) mass is 233 g/mol. The Morgan fingerprint density at radius 1 is 1.19 bits per heavy atom. The standard InChI is InChI=1S/C12H15N3S/c1-10-9-15(14(2)3)12(16-10)13-11-7-5-4-6-8-11/h4-9H,1-3H3. The first-order valence-corrected chi connectivity index (χ1v) is 5.95. The molecule has 0 saturated heterocycles. The van der Waals surface area contributed by atoms with Gasteiger partial charge in [0.1, 0.15) is 0 Å². The third kappa shape index (κ3) is 2.33. The van der Waals surface area contributed by atoms with Gasteiger partial charge >= 0.3 is 0 Å². The van der Waals surface area contributed by atoms with Crippen molar-refractivity contribution in [2.24, 2.45) is 4.99 Å². The van der Waals surface area contributed by atoms with Gasteiger partial charge in [-0.05, 0) is 19.1 Å². The van der Waals surface area contributed by atoms with Gasteiger partial charge in [0.2, 0.25) is 4.80 Å². The van der Waals surface area contributed by atoms with Crippen LogP contribution >= 0.6 is 11.3 Å². The second-order valence-electron chi connectivity index (χ2n) is 3.76. The maximum absolute atomic E-state index is 4.62. The van der Waals surface area contributed by atoms with Gasteiger partial charge in [0, 0.05) is 25.2 Å². The largest absolute Gasteiger partial charge is 0.317 e. The maximum Gasteiger partial charge on any atom is 0.209 e. The first-order valence-electron chi connectivity index (χ1n) is 5.13. The highest BCUT2D eigenvalue weighted by molar-refractivity contribution is 7.09. The lowest BCUT2D eigenvalue weighted by molar-refractivity contribution is 0.707. The fraction of sp³-hybridized carbons (Fsp3) is 0.250. The van der Waals surface area contributed by atoms with Crippen LogP contribution in [0.2, 0.25) is 0 Å². The first kappa shape index (κ1) is 11.0. The second-order valence-corrected chi connectivity index (χ2v) is 4.98. The number of hydrogen-bond donors (Lipinski definition) is 0. The zero-order chi connectivity index (χ0) is 11.5. The van der Waals surface area contributed by atoms with Gasteiger partial charge in [0.05, 0.1) is 5.69 Å². The van der Waals surface area contributed by atoms with Gasteiger partial charge < -0.3 is 5.01 Å². The van der Waals surface area contributed by atoms with Crippen LogP contribution in [-0.2, 0) is 0 Å². The van der Waals surface area contributed by atoms with Crippen molar-refractivity contribution >= 4 is 17.0 Å². The predicted octanol–water partition coefficient (Wildman–Crippen LogP) is 2.29. The minimum Gasteiger partial charge on any atom is -0.317 e. The van der Waals surface area contributed by atoms with Crippen molar-refractivity contribution in [1.82, 2.24) is 4.68 Å². The zero-order valence-electron chi connectivity index (χ0n) is 9.71. The normalized spacial score (nSPS) is 11.8. The Morgan fingerprint density at radius 2 is 1.88 bits per heavy atom. The molecule has 0 radical (unpaired) electrons. The van der Waals surface area contributed by atoms with E-state index in [-0.39, 0.29) is 0 Å². The SMILES string of the molecule is Cc1cn(N(C)C)c(=Nc2ccccc2)s1. The van der Waals surface area contributed by atoms with Gasteiger partial charge in [0.25, 0.3) is 0 Å². The molecule has 0 aliphatic rings. The van der Waals surface area contributed by atoms with Crippen molar-refractivity contribution in [3.63, 3.8) is 0 Å². The van der Waals surface area contributed by atoms with Crippen molar-refractivity contribution in [2.75, 3.05) is 19.1 Å². The van der Waals surface area contributed by atoms with E-state index in [1.165, 1.54) is 4.88 Å². The molecule has 2 rings (SSSR count). The number of para-hydroxylation sites is 1. The topological polar surface area (TPSA) is 20.5 Å². The van der Waals surface area contributed by atoms with Gasteiger partial charge in [-0.25, -0.2) is 9.67 Å². The van der Waals surface area contributed by atoms with Crippen LogP contribution < -0.4 is 9.81 Å². The molecular weight excluding hydrogens is 218 g/mol. The van der Waals surface area contributed by atoms with Crippen molar-refractivity contribution in [2.45, 2.75) is 6.92 Å². The predicted molar refractivity (Wildman–Crippen MR) is 68.8 cm³/mol. The average Bonchev–Trinajstić information content (AvgIpc) is 2.61. The quantitative estimate of drug-likeness (QED) is 0.779. The minimum absolute atomic E-state index is 0.986. The number of benzene rings is 1. The molecule has 0 saturated carbocycles. The summed E-state index contributed by atoms with van der Waals surface area (Å²) in [6, 6.07) is 10.0. The summed E-state index contributed by atoms with van der Waals surface area (Å²) < 4.78 is 2.05. The Hall–Kier alpha value is -1.55. The molecule has 1 aromatic carbocycles. The van der Waals surface area contributed by atoms with E-state index in [9.17, 15) is 0 Å². The van der Waals surface area contributed by atoms with Gasteiger partial charge in [-0.2, -0.15) is 0 Å². The second kappa shape index (κ2) is 4.53. The molecule has 0 spiro atoms. The molecule has 0 unspecified atom stereocenters. The fourth-order valence-corrected chi connectivity index (χ4v) is 2.32. The highest BCUT2D eigenvalue weighted by atomic mass is 32.1. The summed E-state index contributed by atoms with van der Waals surface area (Å²) in [5, 5.41) is 2.02. The number of aromatic nitrogens is 1. The molecule has 0 aliphatic carbocycles. The summed E-state index contributed by atoms with van der Waals surface area (Å²) in [5.74, 6) is 0. The molecular formula is C12H15N3S. The van der Waals surface area contributed by atoms with E-state index in [1.807, 2.05) is 54.1 Å². The van der Waals surface area contributed by atoms with Crippen molar-refractivity contribution in [3.05, 3.63) is 46.2 Å². The first-order chi connectivity index (χ1) is 7.66. The molecule has 84 valence electrons. The van der Waals surface area contributed by atoms with E-state index in [0.717, 1.165) is 10.5 Å². The Labute approximate surface area is 99.3 Å². The molecule has 0 N–H and O–H groups in total. The van der Waals surface area contributed by atoms with Crippen molar-refractivity contribution in [3.8, 4) is 0 Å². The summed E-state index contributed by atoms with van der Waals surface area (Å²) in [5.41, 5.74) is 0.986. The van der Waals surface area contributed by atoms with E-state index in [0.29, 0.717) is 0 Å². The van der Waals surface area contributed by atoms with Crippen molar-refractivity contribution < 1.29 is 0 Å². The third-order valence-electron chi connectivity index (χ3n) is 2.16. The Bertz CT molecular complexity index is 523. The molecule has 0 aliphatic heterocycles. The summed E-state index contributed by atoms with van der Waals surface area (Å²) in [6.45, 7) is 2.09. The number of thiazole rings is 1.